The fraction of sp³-hybridized carbons (Fsp3) is 1.00. The third kappa shape index (κ3) is 16.3. The Morgan fingerprint density at radius 1 is 0.824 bits per heavy atom. The van der Waals surface area contributed by atoms with Gasteiger partial charge in [0.05, 0.1) is 6.61 Å². The molecule has 0 saturated carbocycles. The molecule has 17 heavy (non-hydrogen) atoms. The van der Waals surface area contributed by atoms with Gasteiger partial charge in [0.25, 0.3) is 0 Å². The highest BCUT2D eigenvalue weighted by atomic mass is 31.2. The first-order valence-corrected chi connectivity index (χ1v) is 7.89. The Hall–Kier alpha value is 0.310. The van der Waals surface area contributed by atoms with Gasteiger partial charge in [-0.2, -0.15) is 0 Å². The molecule has 0 bridgehead atoms. The first-order chi connectivity index (χ1) is 7.92. The van der Waals surface area contributed by atoms with E-state index in [4.69, 9.17) is 14.3 Å². The van der Waals surface area contributed by atoms with E-state index in [0.717, 1.165) is 12.8 Å². The van der Waals surface area contributed by atoms with Crippen molar-refractivity contribution < 1.29 is 14.3 Å². The first kappa shape index (κ1) is 17.3. The van der Waals surface area contributed by atoms with Crippen molar-refractivity contribution in [3.8, 4) is 0 Å². The summed E-state index contributed by atoms with van der Waals surface area (Å²) in [4.78, 5) is 17.0. The Morgan fingerprint density at radius 2 is 1.29 bits per heavy atom. The fourth-order valence-electron chi connectivity index (χ4n) is 1.79. The summed E-state index contributed by atoms with van der Waals surface area (Å²) in [6, 6.07) is 0. The average molecular weight is 264 g/mol. The van der Waals surface area contributed by atoms with Crippen LogP contribution in [0.15, 0.2) is 0 Å². The molecular formula is C13H29O3P. The molecule has 0 radical (unpaired) electrons. The zero-order valence-electron chi connectivity index (χ0n) is 11.6. The van der Waals surface area contributed by atoms with Crippen LogP contribution < -0.4 is 0 Å². The van der Waals surface area contributed by atoms with E-state index in [1.54, 1.807) is 0 Å². The summed E-state index contributed by atoms with van der Waals surface area (Å²) in [6.45, 7) is 7.36. The van der Waals surface area contributed by atoms with E-state index < -0.39 is 8.60 Å². The summed E-state index contributed by atoms with van der Waals surface area (Å²) >= 11 is 0. The molecule has 2 N–H and O–H groups in total. The summed E-state index contributed by atoms with van der Waals surface area (Å²) in [7, 11) is -2.14. The van der Waals surface area contributed by atoms with Crippen molar-refractivity contribution in [2.45, 2.75) is 72.1 Å². The van der Waals surface area contributed by atoms with E-state index in [9.17, 15) is 0 Å². The molecule has 0 heterocycles. The molecule has 0 unspecified atom stereocenters. The van der Waals surface area contributed by atoms with Crippen molar-refractivity contribution in [1.82, 2.24) is 0 Å². The van der Waals surface area contributed by atoms with Crippen LogP contribution >= 0.6 is 8.60 Å². The second kappa shape index (κ2) is 10.3. The molecule has 0 amide bonds. The minimum absolute atomic E-state index is 0.475. The van der Waals surface area contributed by atoms with Crippen molar-refractivity contribution in [3.63, 3.8) is 0 Å². The molecule has 0 spiro atoms. The monoisotopic (exact) mass is 264 g/mol. The summed E-state index contributed by atoms with van der Waals surface area (Å²) in [6.07, 6.45) is 9.90. The highest BCUT2D eigenvalue weighted by Gasteiger charge is 2.08. The molecule has 0 aliphatic heterocycles. The molecule has 3 nitrogen and oxygen atoms in total. The minimum Gasteiger partial charge on any atom is -0.328 e. The van der Waals surface area contributed by atoms with Gasteiger partial charge in [-0.3, -0.25) is 0 Å². The van der Waals surface area contributed by atoms with Crippen molar-refractivity contribution in [2.24, 2.45) is 5.41 Å². The quantitative estimate of drug-likeness (QED) is 0.454. The largest absolute Gasteiger partial charge is 0.328 e. The normalized spacial score (nSPS) is 12.4. The predicted octanol–water partition coefficient (Wildman–Crippen LogP) is 4.38. The average Bonchev–Trinajstić information content (AvgIpc) is 2.18. The Labute approximate surface area is 108 Å². The molecule has 0 fully saturated rings. The topological polar surface area (TPSA) is 49.7 Å². The van der Waals surface area contributed by atoms with Crippen molar-refractivity contribution >= 4 is 8.60 Å². The van der Waals surface area contributed by atoms with E-state index in [0.29, 0.717) is 12.0 Å². The molecule has 0 atom stereocenters. The molecule has 0 aromatic carbocycles. The van der Waals surface area contributed by atoms with E-state index in [1.807, 2.05) is 0 Å². The smallest absolute Gasteiger partial charge is 0.327 e. The van der Waals surface area contributed by atoms with Gasteiger partial charge >= 0.3 is 8.60 Å². The molecule has 0 rings (SSSR count). The number of unbranched alkanes of at least 4 members (excludes halogenated alkanes) is 6. The Balaban J connectivity index is 3.04. The third-order valence-electron chi connectivity index (χ3n) is 2.78. The van der Waals surface area contributed by atoms with Gasteiger partial charge in [-0.1, -0.05) is 59.3 Å². The highest BCUT2D eigenvalue weighted by Crippen LogP contribution is 2.25. The summed E-state index contributed by atoms with van der Waals surface area (Å²) in [5.74, 6) is 0. The zero-order chi connectivity index (χ0) is 13.1. The van der Waals surface area contributed by atoms with E-state index in [2.05, 4.69) is 20.8 Å². The van der Waals surface area contributed by atoms with Crippen LogP contribution in [0.4, 0.5) is 0 Å². The molecule has 4 heteroatoms. The van der Waals surface area contributed by atoms with Crippen molar-refractivity contribution in [3.05, 3.63) is 0 Å². The molecular weight excluding hydrogens is 235 g/mol. The lowest BCUT2D eigenvalue weighted by Crippen LogP contribution is -2.03. The first-order valence-electron chi connectivity index (χ1n) is 6.72. The van der Waals surface area contributed by atoms with Gasteiger partial charge < -0.3 is 14.3 Å². The summed E-state index contributed by atoms with van der Waals surface area (Å²) in [5, 5.41) is 0. The maximum absolute atomic E-state index is 8.52. The molecule has 0 aliphatic carbocycles. The lowest BCUT2D eigenvalue weighted by atomic mass is 9.89. The fourth-order valence-corrected chi connectivity index (χ4v) is 2.08. The van der Waals surface area contributed by atoms with Crippen molar-refractivity contribution in [2.75, 3.05) is 6.61 Å². The number of hydrogen-bond donors (Lipinski definition) is 2. The molecule has 0 aromatic heterocycles. The second-order valence-electron chi connectivity index (χ2n) is 5.87. The molecule has 104 valence electrons. The summed E-state index contributed by atoms with van der Waals surface area (Å²) in [5.41, 5.74) is 0.476. The van der Waals surface area contributed by atoms with Crippen LogP contribution in [0, 0.1) is 5.41 Å². The van der Waals surface area contributed by atoms with Crippen LogP contribution in [0.5, 0.6) is 0 Å². The number of rotatable bonds is 10. The maximum Gasteiger partial charge on any atom is 0.327 e. The van der Waals surface area contributed by atoms with Gasteiger partial charge in [0, 0.05) is 0 Å². The van der Waals surface area contributed by atoms with E-state index in [-0.39, 0.29) is 0 Å². The maximum atomic E-state index is 8.52. The molecule has 0 aromatic rings. The van der Waals surface area contributed by atoms with Gasteiger partial charge in [0.15, 0.2) is 0 Å². The molecule has 0 aliphatic rings. The van der Waals surface area contributed by atoms with Crippen LogP contribution in [0.25, 0.3) is 0 Å². The molecule has 0 saturated heterocycles. The van der Waals surface area contributed by atoms with Crippen LogP contribution in [0.2, 0.25) is 0 Å². The minimum atomic E-state index is -2.14. The second-order valence-corrected chi connectivity index (χ2v) is 6.64. The van der Waals surface area contributed by atoms with Gasteiger partial charge in [-0.15, -0.1) is 0 Å². The Bertz CT molecular complexity index is 167. The lowest BCUT2D eigenvalue weighted by Gasteiger charge is -2.17. The third-order valence-corrected chi connectivity index (χ3v) is 3.19. The summed E-state index contributed by atoms with van der Waals surface area (Å²) < 4.78 is 4.70. The van der Waals surface area contributed by atoms with E-state index >= 15 is 0 Å². The van der Waals surface area contributed by atoms with Crippen molar-refractivity contribution in [1.29, 1.82) is 0 Å². The SMILES string of the molecule is CC(C)(C)CCCCCCCCCOP(O)O. The Morgan fingerprint density at radius 3 is 1.76 bits per heavy atom. The van der Waals surface area contributed by atoms with Gasteiger partial charge in [-0.25, -0.2) is 0 Å². The van der Waals surface area contributed by atoms with Crippen LogP contribution in [0.1, 0.15) is 72.1 Å². The van der Waals surface area contributed by atoms with Gasteiger partial charge in [0.2, 0.25) is 0 Å². The highest BCUT2D eigenvalue weighted by molar-refractivity contribution is 7.39. The van der Waals surface area contributed by atoms with Crippen LogP contribution in [0.3, 0.4) is 0 Å². The Kier molecular flexibility index (Phi) is 10.4. The van der Waals surface area contributed by atoms with Crippen LogP contribution in [-0.2, 0) is 4.52 Å². The van der Waals surface area contributed by atoms with Gasteiger partial charge in [0.1, 0.15) is 0 Å². The standard InChI is InChI=1S/C13H29O3P/c1-13(2,3)11-9-7-5-4-6-8-10-12-16-17(14)15/h14-15H,4-12H2,1-3H3. The zero-order valence-corrected chi connectivity index (χ0v) is 12.5. The lowest BCUT2D eigenvalue weighted by molar-refractivity contribution is 0.248. The predicted molar refractivity (Wildman–Crippen MR) is 73.7 cm³/mol. The van der Waals surface area contributed by atoms with Gasteiger partial charge in [-0.05, 0) is 18.3 Å². The van der Waals surface area contributed by atoms with Crippen LogP contribution in [-0.4, -0.2) is 16.4 Å². The number of hydrogen-bond acceptors (Lipinski definition) is 3. The van der Waals surface area contributed by atoms with E-state index in [1.165, 1.54) is 38.5 Å².